The van der Waals surface area contributed by atoms with E-state index >= 15 is 0 Å². The number of unbranched alkanes of at least 4 members (excludes halogenated alkanes) is 3. The predicted octanol–water partition coefficient (Wildman–Crippen LogP) is 5.09. The molecule has 2 aromatic heterocycles. The fraction of sp³-hybridized carbons (Fsp3) is 0.647. The molecule has 0 unspecified atom stereocenters. The van der Waals surface area contributed by atoms with Gasteiger partial charge in [-0.2, -0.15) is 0 Å². The smallest absolute Gasteiger partial charge is 0.160 e. The van der Waals surface area contributed by atoms with E-state index < -0.39 is 0 Å². The normalized spacial score (nSPS) is 11.7. The van der Waals surface area contributed by atoms with Crippen molar-refractivity contribution in [3.8, 4) is 0 Å². The third-order valence-electron chi connectivity index (χ3n) is 3.83. The van der Waals surface area contributed by atoms with Crippen LogP contribution in [-0.2, 0) is 12.4 Å². The van der Waals surface area contributed by atoms with Crippen LogP contribution in [0.3, 0.4) is 0 Å². The highest BCUT2D eigenvalue weighted by Crippen LogP contribution is 2.18. The molecule has 21 heavy (non-hydrogen) atoms. The lowest BCUT2D eigenvalue weighted by Gasteiger charge is -2.08. The highest BCUT2D eigenvalue weighted by molar-refractivity contribution is 6.16. The van der Waals surface area contributed by atoms with E-state index in [1.54, 1.807) is 0 Å². The summed E-state index contributed by atoms with van der Waals surface area (Å²) in [6, 6.07) is 2.08. The van der Waals surface area contributed by atoms with Crippen molar-refractivity contribution in [1.82, 2.24) is 14.5 Å². The van der Waals surface area contributed by atoms with Crippen molar-refractivity contribution in [3.63, 3.8) is 0 Å². The lowest BCUT2D eigenvalue weighted by molar-refractivity contribution is 0.505. The molecule has 2 aromatic rings. The Morgan fingerprint density at radius 1 is 1.19 bits per heavy atom. The number of aromatic nitrogens is 3. The van der Waals surface area contributed by atoms with Crippen molar-refractivity contribution in [2.75, 3.05) is 0 Å². The quantitative estimate of drug-likeness (QED) is 0.502. The van der Waals surface area contributed by atoms with Crippen LogP contribution in [0.25, 0.3) is 11.2 Å². The summed E-state index contributed by atoms with van der Waals surface area (Å²) < 4.78 is 2.18. The van der Waals surface area contributed by atoms with E-state index in [4.69, 9.17) is 11.6 Å². The van der Waals surface area contributed by atoms with Crippen LogP contribution in [0.15, 0.2) is 12.3 Å². The molecule has 0 aliphatic carbocycles. The summed E-state index contributed by atoms with van der Waals surface area (Å²) in [7, 11) is 0. The van der Waals surface area contributed by atoms with Gasteiger partial charge in [0, 0.05) is 12.7 Å². The zero-order chi connectivity index (χ0) is 15.2. The summed E-state index contributed by atoms with van der Waals surface area (Å²) in [6.45, 7) is 7.59. The molecule has 0 aromatic carbocycles. The first-order chi connectivity index (χ1) is 10.1. The number of nitrogens with zero attached hydrogens (tertiary/aromatic N) is 3. The van der Waals surface area contributed by atoms with Crippen molar-refractivity contribution < 1.29 is 0 Å². The highest BCUT2D eigenvalue weighted by Gasteiger charge is 2.10. The molecular formula is C17H26ClN3. The second kappa shape index (κ2) is 7.79. The molecule has 0 radical (unpaired) electrons. The van der Waals surface area contributed by atoms with Crippen LogP contribution in [0.2, 0.25) is 0 Å². The van der Waals surface area contributed by atoms with Gasteiger partial charge in [0.05, 0.1) is 5.88 Å². The molecule has 3 nitrogen and oxygen atoms in total. The third-order valence-corrected chi connectivity index (χ3v) is 4.07. The maximum atomic E-state index is 6.03. The first kappa shape index (κ1) is 16.3. The van der Waals surface area contributed by atoms with Crippen LogP contribution in [0.4, 0.5) is 0 Å². The predicted molar refractivity (Wildman–Crippen MR) is 89.7 cm³/mol. The van der Waals surface area contributed by atoms with Crippen LogP contribution in [0.5, 0.6) is 0 Å². The van der Waals surface area contributed by atoms with Gasteiger partial charge in [-0.3, -0.25) is 0 Å². The van der Waals surface area contributed by atoms with Crippen LogP contribution >= 0.6 is 11.6 Å². The van der Waals surface area contributed by atoms with Gasteiger partial charge in [0.15, 0.2) is 5.65 Å². The molecule has 0 saturated heterocycles. The Kier molecular flexibility index (Phi) is 6.04. The van der Waals surface area contributed by atoms with Gasteiger partial charge in [0.25, 0.3) is 0 Å². The van der Waals surface area contributed by atoms with E-state index in [9.17, 15) is 0 Å². The Balaban J connectivity index is 1.94. The Hall–Kier alpha value is -1.09. The number of rotatable bonds is 8. The monoisotopic (exact) mass is 307 g/mol. The van der Waals surface area contributed by atoms with E-state index in [1.165, 1.54) is 32.1 Å². The number of alkyl halides is 1. The summed E-state index contributed by atoms with van der Waals surface area (Å²) in [6.07, 6.45) is 8.32. The summed E-state index contributed by atoms with van der Waals surface area (Å²) >= 11 is 6.03. The molecule has 2 rings (SSSR count). The largest absolute Gasteiger partial charge is 0.312 e. The number of pyridine rings is 1. The topological polar surface area (TPSA) is 30.7 Å². The Morgan fingerprint density at radius 3 is 2.67 bits per heavy atom. The van der Waals surface area contributed by atoms with Crippen LogP contribution in [-0.4, -0.2) is 14.5 Å². The van der Waals surface area contributed by atoms with Gasteiger partial charge in [-0.15, -0.1) is 11.6 Å². The minimum Gasteiger partial charge on any atom is -0.312 e. The molecule has 0 amide bonds. The fourth-order valence-corrected chi connectivity index (χ4v) is 2.88. The molecule has 4 heteroatoms. The zero-order valence-corrected chi connectivity index (χ0v) is 14.2. The summed E-state index contributed by atoms with van der Waals surface area (Å²) in [4.78, 5) is 9.13. The van der Waals surface area contributed by atoms with E-state index in [1.807, 2.05) is 13.1 Å². The van der Waals surface area contributed by atoms with Gasteiger partial charge >= 0.3 is 0 Å². The van der Waals surface area contributed by atoms with Gasteiger partial charge in [0.2, 0.25) is 0 Å². The first-order valence-corrected chi connectivity index (χ1v) is 8.53. The number of imidazole rings is 1. The van der Waals surface area contributed by atoms with Crippen molar-refractivity contribution >= 4 is 22.8 Å². The van der Waals surface area contributed by atoms with E-state index in [2.05, 4.69) is 34.4 Å². The third kappa shape index (κ3) is 4.44. The fourth-order valence-electron chi connectivity index (χ4n) is 2.67. The summed E-state index contributed by atoms with van der Waals surface area (Å²) in [5.41, 5.74) is 3.07. The van der Waals surface area contributed by atoms with Crippen LogP contribution in [0.1, 0.15) is 57.3 Å². The van der Waals surface area contributed by atoms with Crippen LogP contribution < -0.4 is 0 Å². The van der Waals surface area contributed by atoms with E-state index in [-0.39, 0.29) is 0 Å². The van der Waals surface area contributed by atoms with Gasteiger partial charge in [-0.1, -0.05) is 39.5 Å². The highest BCUT2D eigenvalue weighted by atomic mass is 35.5. The van der Waals surface area contributed by atoms with Crippen molar-refractivity contribution in [2.45, 2.75) is 65.3 Å². The maximum Gasteiger partial charge on any atom is 0.160 e. The van der Waals surface area contributed by atoms with E-state index in [0.29, 0.717) is 5.88 Å². The van der Waals surface area contributed by atoms with Gasteiger partial charge < -0.3 is 4.57 Å². The molecule has 0 spiro atoms. The summed E-state index contributed by atoms with van der Waals surface area (Å²) in [5.74, 6) is 2.20. The van der Waals surface area contributed by atoms with Gasteiger partial charge in [-0.25, -0.2) is 9.97 Å². The number of halogens is 1. The van der Waals surface area contributed by atoms with Crippen molar-refractivity contribution in [1.29, 1.82) is 0 Å². The molecular weight excluding hydrogens is 282 g/mol. The molecule has 0 bridgehead atoms. The molecule has 0 aliphatic heterocycles. The van der Waals surface area contributed by atoms with Gasteiger partial charge in [0.1, 0.15) is 11.3 Å². The van der Waals surface area contributed by atoms with Gasteiger partial charge in [-0.05, 0) is 30.9 Å². The molecule has 2 heterocycles. The Morgan fingerprint density at radius 2 is 1.95 bits per heavy atom. The van der Waals surface area contributed by atoms with Crippen molar-refractivity contribution in [2.24, 2.45) is 5.92 Å². The number of aryl methyl sites for hydroxylation is 2. The number of hydrogen-bond donors (Lipinski definition) is 0. The minimum absolute atomic E-state index is 0.447. The Labute approximate surface area is 132 Å². The first-order valence-electron chi connectivity index (χ1n) is 7.99. The van der Waals surface area contributed by atoms with Crippen LogP contribution in [0, 0.1) is 12.8 Å². The molecule has 0 saturated carbocycles. The average molecular weight is 308 g/mol. The average Bonchev–Trinajstić information content (AvgIpc) is 2.79. The SMILES string of the molecule is Cc1cnc2c(c1)nc(CCl)n2CCCCCCC(C)C. The second-order valence-electron chi connectivity index (χ2n) is 6.27. The maximum absolute atomic E-state index is 6.03. The Bertz CT molecular complexity index is 575. The molecule has 116 valence electrons. The molecule has 0 aliphatic rings. The van der Waals surface area contributed by atoms with E-state index in [0.717, 1.165) is 35.0 Å². The second-order valence-corrected chi connectivity index (χ2v) is 6.53. The lowest BCUT2D eigenvalue weighted by atomic mass is 10.0. The molecule has 0 fully saturated rings. The lowest BCUT2D eigenvalue weighted by Crippen LogP contribution is -2.03. The van der Waals surface area contributed by atoms with Crippen molar-refractivity contribution in [3.05, 3.63) is 23.7 Å². The standard InChI is InChI=1S/C17H26ClN3/c1-13(2)8-6-4-5-7-9-21-16(11-18)20-15-10-14(3)12-19-17(15)21/h10,12-13H,4-9,11H2,1-3H3. The number of fused-ring (bicyclic) bond motifs is 1. The summed E-state index contributed by atoms with van der Waals surface area (Å²) in [5, 5.41) is 0. The number of hydrogen-bond acceptors (Lipinski definition) is 2. The minimum atomic E-state index is 0.447. The zero-order valence-electron chi connectivity index (χ0n) is 13.4. The molecule has 0 N–H and O–H groups in total. The molecule has 0 atom stereocenters.